The van der Waals surface area contributed by atoms with E-state index in [0.29, 0.717) is 19.4 Å². The average molecular weight is 237 g/mol. The van der Waals surface area contributed by atoms with E-state index in [0.717, 1.165) is 0 Å². The van der Waals surface area contributed by atoms with Crippen LogP contribution in [0.5, 0.6) is 0 Å². The van der Waals surface area contributed by atoms with Crippen molar-refractivity contribution >= 4 is 15.9 Å². The highest BCUT2D eigenvalue weighted by Crippen LogP contribution is 2.04. The molecule has 0 bridgehead atoms. The highest BCUT2D eigenvalue weighted by atomic mass is 32.2. The standard InChI is InChI=1S/C8H19N3O3S/c1-8(2,7(10)12)11-15(13,14)6-4-3-5-9/h11H,3-6,9H2,1-2H3,(H2,10,12). The summed E-state index contributed by atoms with van der Waals surface area (Å²) in [5.41, 5.74) is 9.04. The summed E-state index contributed by atoms with van der Waals surface area (Å²) in [6.07, 6.45) is 1.11. The zero-order valence-corrected chi connectivity index (χ0v) is 9.93. The van der Waals surface area contributed by atoms with Gasteiger partial charge in [0, 0.05) is 0 Å². The Morgan fingerprint density at radius 2 is 1.87 bits per heavy atom. The van der Waals surface area contributed by atoms with Crippen LogP contribution in [-0.2, 0) is 14.8 Å². The van der Waals surface area contributed by atoms with E-state index >= 15 is 0 Å². The Hall–Kier alpha value is -0.660. The number of hydrogen-bond donors (Lipinski definition) is 3. The SMILES string of the molecule is CC(C)(NS(=O)(=O)CCCCN)C(N)=O. The second kappa shape index (κ2) is 5.43. The molecular formula is C8H19N3O3S. The van der Waals surface area contributed by atoms with Gasteiger partial charge in [-0.1, -0.05) is 0 Å². The van der Waals surface area contributed by atoms with Gasteiger partial charge in [0.1, 0.15) is 5.54 Å². The maximum atomic E-state index is 11.5. The lowest BCUT2D eigenvalue weighted by molar-refractivity contribution is -0.122. The summed E-state index contributed by atoms with van der Waals surface area (Å²) in [4.78, 5) is 10.9. The molecule has 0 aliphatic heterocycles. The molecule has 0 aromatic rings. The molecule has 1 amide bonds. The molecule has 5 N–H and O–H groups in total. The molecule has 0 atom stereocenters. The molecule has 0 unspecified atom stereocenters. The average Bonchev–Trinajstić information content (AvgIpc) is 2.01. The van der Waals surface area contributed by atoms with Crippen LogP contribution in [0.1, 0.15) is 26.7 Å². The maximum Gasteiger partial charge on any atom is 0.238 e. The third-order valence-electron chi connectivity index (χ3n) is 1.89. The largest absolute Gasteiger partial charge is 0.368 e. The highest BCUT2D eigenvalue weighted by Gasteiger charge is 2.29. The molecule has 0 rings (SSSR count). The molecule has 0 radical (unpaired) electrons. The summed E-state index contributed by atoms with van der Waals surface area (Å²) >= 11 is 0. The van der Waals surface area contributed by atoms with Crippen molar-refractivity contribution in [2.45, 2.75) is 32.2 Å². The minimum atomic E-state index is -3.46. The Kier molecular flexibility index (Phi) is 5.19. The first-order valence-corrected chi connectivity index (χ1v) is 6.38. The van der Waals surface area contributed by atoms with Gasteiger partial charge in [0.25, 0.3) is 0 Å². The maximum absolute atomic E-state index is 11.5. The number of nitrogens with one attached hydrogen (secondary N) is 1. The van der Waals surface area contributed by atoms with Gasteiger partial charge in [-0.05, 0) is 33.2 Å². The van der Waals surface area contributed by atoms with E-state index in [1.54, 1.807) is 0 Å². The molecule has 6 nitrogen and oxygen atoms in total. The van der Waals surface area contributed by atoms with Crippen LogP contribution in [0.4, 0.5) is 0 Å². The van der Waals surface area contributed by atoms with Crippen LogP contribution in [0.15, 0.2) is 0 Å². The Morgan fingerprint density at radius 1 is 1.33 bits per heavy atom. The molecule has 7 heteroatoms. The Morgan fingerprint density at radius 3 is 2.27 bits per heavy atom. The van der Waals surface area contributed by atoms with Crippen LogP contribution in [0, 0.1) is 0 Å². The van der Waals surface area contributed by atoms with Gasteiger partial charge in [-0.3, -0.25) is 4.79 Å². The van der Waals surface area contributed by atoms with Gasteiger partial charge in [-0.15, -0.1) is 0 Å². The van der Waals surface area contributed by atoms with E-state index in [-0.39, 0.29) is 5.75 Å². The second-order valence-electron chi connectivity index (χ2n) is 3.91. The van der Waals surface area contributed by atoms with Crippen molar-refractivity contribution in [1.82, 2.24) is 4.72 Å². The monoisotopic (exact) mass is 237 g/mol. The van der Waals surface area contributed by atoms with Crippen molar-refractivity contribution in [3.05, 3.63) is 0 Å². The van der Waals surface area contributed by atoms with Crippen molar-refractivity contribution in [3.8, 4) is 0 Å². The van der Waals surface area contributed by atoms with Gasteiger partial charge in [0.2, 0.25) is 15.9 Å². The molecule has 0 aliphatic rings. The molecule has 90 valence electrons. The third kappa shape index (κ3) is 5.71. The fourth-order valence-electron chi connectivity index (χ4n) is 0.927. The van der Waals surface area contributed by atoms with E-state index in [1.165, 1.54) is 13.8 Å². The number of unbranched alkanes of at least 4 members (excludes halogenated alkanes) is 1. The number of amides is 1. The summed E-state index contributed by atoms with van der Waals surface area (Å²) < 4.78 is 25.2. The van der Waals surface area contributed by atoms with Crippen molar-refractivity contribution in [2.75, 3.05) is 12.3 Å². The lowest BCUT2D eigenvalue weighted by Crippen LogP contribution is -2.53. The number of primary amides is 1. The number of rotatable bonds is 7. The minimum absolute atomic E-state index is 0.0408. The molecule has 0 aromatic carbocycles. The summed E-state index contributed by atoms with van der Waals surface area (Å²) in [6.45, 7) is 3.31. The molecule has 0 aromatic heterocycles. The van der Waals surface area contributed by atoms with Gasteiger partial charge in [0.15, 0.2) is 0 Å². The zero-order chi connectivity index (χ0) is 12.1. The predicted molar refractivity (Wildman–Crippen MR) is 58.5 cm³/mol. The van der Waals surface area contributed by atoms with Crippen molar-refractivity contribution in [1.29, 1.82) is 0 Å². The summed E-state index contributed by atoms with van der Waals surface area (Å²) in [5, 5.41) is 0. The van der Waals surface area contributed by atoms with Gasteiger partial charge in [0.05, 0.1) is 5.75 Å². The Balaban J connectivity index is 4.32. The molecule has 0 heterocycles. The normalized spacial score (nSPS) is 12.7. The molecule has 0 aliphatic carbocycles. The van der Waals surface area contributed by atoms with E-state index < -0.39 is 21.5 Å². The molecule has 0 fully saturated rings. The highest BCUT2D eigenvalue weighted by molar-refractivity contribution is 7.89. The first-order chi connectivity index (χ1) is 6.71. The topological polar surface area (TPSA) is 115 Å². The van der Waals surface area contributed by atoms with Crippen molar-refractivity contribution in [3.63, 3.8) is 0 Å². The number of carbonyl (C=O) groups excluding carboxylic acids is 1. The first kappa shape index (κ1) is 14.3. The van der Waals surface area contributed by atoms with Gasteiger partial charge >= 0.3 is 0 Å². The summed E-state index contributed by atoms with van der Waals surface area (Å²) in [6, 6.07) is 0. The lowest BCUT2D eigenvalue weighted by Gasteiger charge is -2.21. The fourth-order valence-corrected chi connectivity index (χ4v) is 2.49. The molecule has 0 spiro atoms. The van der Waals surface area contributed by atoms with Gasteiger partial charge in [-0.25, -0.2) is 13.1 Å². The van der Waals surface area contributed by atoms with Crippen LogP contribution in [-0.4, -0.2) is 32.2 Å². The lowest BCUT2D eigenvalue weighted by atomic mass is 10.1. The molecule has 15 heavy (non-hydrogen) atoms. The van der Waals surface area contributed by atoms with Gasteiger partial charge in [-0.2, -0.15) is 0 Å². The van der Waals surface area contributed by atoms with Crippen LogP contribution in [0.3, 0.4) is 0 Å². The zero-order valence-electron chi connectivity index (χ0n) is 9.12. The molecule has 0 saturated carbocycles. The smallest absolute Gasteiger partial charge is 0.238 e. The van der Waals surface area contributed by atoms with Crippen molar-refractivity contribution in [2.24, 2.45) is 11.5 Å². The van der Waals surface area contributed by atoms with E-state index in [2.05, 4.69) is 4.72 Å². The van der Waals surface area contributed by atoms with E-state index in [4.69, 9.17) is 11.5 Å². The molecular weight excluding hydrogens is 218 g/mol. The van der Waals surface area contributed by atoms with Crippen LogP contribution < -0.4 is 16.2 Å². The van der Waals surface area contributed by atoms with E-state index in [9.17, 15) is 13.2 Å². The van der Waals surface area contributed by atoms with Crippen LogP contribution in [0.25, 0.3) is 0 Å². The van der Waals surface area contributed by atoms with Crippen molar-refractivity contribution < 1.29 is 13.2 Å². The van der Waals surface area contributed by atoms with Crippen LogP contribution >= 0.6 is 0 Å². The third-order valence-corrected chi connectivity index (χ3v) is 3.54. The minimum Gasteiger partial charge on any atom is -0.368 e. The predicted octanol–water partition coefficient (Wildman–Crippen LogP) is -1.09. The molecule has 0 saturated heterocycles. The number of nitrogens with two attached hydrogens (primary N) is 2. The summed E-state index contributed by atoms with van der Waals surface area (Å²) in [5.74, 6) is -0.745. The summed E-state index contributed by atoms with van der Waals surface area (Å²) in [7, 11) is -3.46. The number of hydrogen-bond acceptors (Lipinski definition) is 4. The van der Waals surface area contributed by atoms with Crippen LogP contribution in [0.2, 0.25) is 0 Å². The Labute approximate surface area is 90.4 Å². The number of sulfonamides is 1. The quantitative estimate of drug-likeness (QED) is 0.488. The first-order valence-electron chi connectivity index (χ1n) is 4.73. The number of carbonyl (C=O) groups is 1. The fraction of sp³-hybridized carbons (Fsp3) is 0.875. The van der Waals surface area contributed by atoms with Gasteiger partial charge < -0.3 is 11.5 Å². The Bertz CT molecular complexity index is 311. The second-order valence-corrected chi connectivity index (χ2v) is 5.75. The van der Waals surface area contributed by atoms with E-state index in [1.807, 2.05) is 0 Å².